The number of rotatable bonds is 2. The van der Waals surface area contributed by atoms with Crippen molar-refractivity contribution < 1.29 is 13.2 Å². The van der Waals surface area contributed by atoms with E-state index in [1.165, 1.54) is 12.1 Å². The van der Waals surface area contributed by atoms with Crippen molar-refractivity contribution in [3.8, 4) is 0 Å². The topological polar surface area (TPSA) is 12.0 Å². The highest BCUT2D eigenvalue weighted by atomic mass is 35.5. The lowest BCUT2D eigenvalue weighted by molar-refractivity contribution is -0.137. The summed E-state index contributed by atoms with van der Waals surface area (Å²) >= 11 is 5.80. The van der Waals surface area contributed by atoms with Gasteiger partial charge in [-0.25, -0.2) is 0 Å². The van der Waals surface area contributed by atoms with Crippen LogP contribution in [0.5, 0.6) is 0 Å². The van der Waals surface area contributed by atoms with Crippen LogP contribution in [0.2, 0.25) is 5.02 Å². The lowest BCUT2D eigenvalue weighted by atomic mass is 9.96. The van der Waals surface area contributed by atoms with E-state index in [9.17, 15) is 13.2 Å². The van der Waals surface area contributed by atoms with E-state index in [0.29, 0.717) is 6.54 Å². The molecule has 0 saturated heterocycles. The molecule has 1 nitrogen and oxygen atoms in total. The Morgan fingerprint density at radius 2 is 1.76 bits per heavy atom. The van der Waals surface area contributed by atoms with Crippen LogP contribution in [0, 0.1) is 5.41 Å². The van der Waals surface area contributed by atoms with E-state index in [4.69, 9.17) is 11.6 Å². The molecule has 17 heavy (non-hydrogen) atoms. The number of para-hydroxylation sites is 1. The maximum absolute atomic E-state index is 12.7. The standard InChI is InChI=1S/C12H15ClF3N/c1-11(2,3)7-17-10-8(12(14,15)16)5-4-6-9(10)13/h4-6,17H,7H2,1-3H3. The van der Waals surface area contributed by atoms with Crippen LogP contribution in [-0.4, -0.2) is 6.54 Å². The largest absolute Gasteiger partial charge is 0.418 e. The van der Waals surface area contributed by atoms with Crippen LogP contribution in [0.15, 0.2) is 18.2 Å². The van der Waals surface area contributed by atoms with Crippen LogP contribution >= 0.6 is 11.6 Å². The van der Waals surface area contributed by atoms with Crippen LogP contribution in [0.1, 0.15) is 26.3 Å². The Bertz CT molecular complexity index is 394. The summed E-state index contributed by atoms with van der Waals surface area (Å²) in [5.74, 6) is 0. The van der Waals surface area contributed by atoms with Crippen molar-refractivity contribution >= 4 is 17.3 Å². The third-order valence-electron chi connectivity index (χ3n) is 2.11. The Kier molecular flexibility index (Phi) is 3.97. The molecular weight excluding hydrogens is 251 g/mol. The monoisotopic (exact) mass is 265 g/mol. The molecule has 0 spiro atoms. The molecule has 0 saturated carbocycles. The lowest BCUT2D eigenvalue weighted by Crippen LogP contribution is -2.21. The number of hydrogen-bond acceptors (Lipinski definition) is 1. The van der Waals surface area contributed by atoms with Crippen molar-refractivity contribution in [1.82, 2.24) is 0 Å². The molecule has 5 heteroatoms. The summed E-state index contributed by atoms with van der Waals surface area (Å²) in [7, 11) is 0. The summed E-state index contributed by atoms with van der Waals surface area (Å²) < 4.78 is 38.2. The highest BCUT2D eigenvalue weighted by Gasteiger charge is 2.34. The lowest BCUT2D eigenvalue weighted by Gasteiger charge is -2.22. The first-order valence-electron chi connectivity index (χ1n) is 5.21. The molecule has 0 aliphatic heterocycles. The van der Waals surface area contributed by atoms with Gasteiger partial charge in [0.1, 0.15) is 0 Å². The minimum Gasteiger partial charge on any atom is -0.383 e. The van der Waals surface area contributed by atoms with Gasteiger partial charge in [-0.1, -0.05) is 38.4 Å². The molecule has 0 fully saturated rings. The summed E-state index contributed by atoms with van der Waals surface area (Å²) in [5.41, 5.74) is -0.895. The number of nitrogens with one attached hydrogen (secondary N) is 1. The third kappa shape index (κ3) is 4.11. The highest BCUT2D eigenvalue weighted by molar-refractivity contribution is 6.33. The van der Waals surface area contributed by atoms with Crippen molar-refractivity contribution in [2.24, 2.45) is 5.41 Å². The zero-order valence-corrected chi connectivity index (χ0v) is 10.7. The van der Waals surface area contributed by atoms with Gasteiger partial charge in [-0.3, -0.25) is 0 Å². The summed E-state index contributed by atoms with van der Waals surface area (Å²) in [5, 5.41) is 2.86. The Hall–Kier alpha value is -0.900. The first-order valence-corrected chi connectivity index (χ1v) is 5.59. The molecule has 1 N–H and O–H groups in total. The molecule has 0 radical (unpaired) electrons. The minimum absolute atomic E-state index is 0.0448. The van der Waals surface area contributed by atoms with E-state index >= 15 is 0 Å². The number of benzene rings is 1. The van der Waals surface area contributed by atoms with E-state index in [0.717, 1.165) is 6.07 Å². The first-order chi connectivity index (χ1) is 7.61. The predicted molar refractivity (Wildman–Crippen MR) is 64.4 cm³/mol. The second kappa shape index (κ2) is 4.77. The van der Waals surface area contributed by atoms with Gasteiger partial charge in [0.15, 0.2) is 0 Å². The van der Waals surface area contributed by atoms with Crippen molar-refractivity contribution in [2.45, 2.75) is 26.9 Å². The van der Waals surface area contributed by atoms with Gasteiger partial charge in [-0.2, -0.15) is 13.2 Å². The van der Waals surface area contributed by atoms with Gasteiger partial charge in [0, 0.05) is 6.54 Å². The molecule has 0 amide bonds. The SMILES string of the molecule is CC(C)(C)CNc1c(Cl)cccc1C(F)(F)F. The van der Waals surface area contributed by atoms with Gasteiger partial charge in [-0.15, -0.1) is 0 Å². The molecule has 0 bridgehead atoms. The summed E-state index contributed by atoms with van der Waals surface area (Å²) in [6, 6.07) is 3.77. The fourth-order valence-electron chi connectivity index (χ4n) is 1.29. The zero-order valence-electron chi connectivity index (χ0n) is 9.95. The minimum atomic E-state index is -4.40. The normalized spacial score (nSPS) is 12.6. The average Bonchev–Trinajstić information content (AvgIpc) is 2.12. The van der Waals surface area contributed by atoms with Crippen LogP contribution in [0.25, 0.3) is 0 Å². The highest BCUT2D eigenvalue weighted by Crippen LogP contribution is 2.38. The van der Waals surface area contributed by atoms with E-state index in [1.54, 1.807) is 0 Å². The van der Waals surface area contributed by atoms with Crippen molar-refractivity contribution in [3.63, 3.8) is 0 Å². The molecule has 1 aromatic rings. The van der Waals surface area contributed by atoms with Gasteiger partial charge in [0.25, 0.3) is 0 Å². The van der Waals surface area contributed by atoms with E-state index in [-0.39, 0.29) is 16.1 Å². The average molecular weight is 266 g/mol. The van der Waals surface area contributed by atoms with Gasteiger partial charge >= 0.3 is 6.18 Å². The Morgan fingerprint density at radius 1 is 1.18 bits per heavy atom. The molecule has 0 atom stereocenters. The fraction of sp³-hybridized carbons (Fsp3) is 0.500. The van der Waals surface area contributed by atoms with Crippen LogP contribution in [0.3, 0.4) is 0 Å². The molecule has 1 aromatic carbocycles. The summed E-state index contributed by atoms with van der Waals surface area (Å²) in [6.07, 6.45) is -4.40. The van der Waals surface area contributed by atoms with Crippen molar-refractivity contribution in [3.05, 3.63) is 28.8 Å². The Balaban J connectivity index is 3.05. The number of anilines is 1. The Labute approximate surface area is 104 Å². The summed E-state index contributed by atoms with van der Waals surface area (Å²) in [4.78, 5) is 0. The van der Waals surface area contributed by atoms with E-state index in [2.05, 4.69) is 5.32 Å². The van der Waals surface area contributed by atoms with Crippen LogP contribution in [-0.2, 0) is 6.18 Å². The van der Waals surface area contributed by atoms with Crippen molar-refractivity contribution in [2.75, 3.05) is 11.9 Å². The van der Waals surface area contributed by atoms with Crippen LogP contribution in [0.4, 0.5) is 18.9 Å². The zero-order chi connectivity index (χ0) is 13.3. The number of halogens is 4. The maximum Gasteiger partial charge on any atom is 0.418 e. The van der Waals surface area contributed by atoms with Gasteiger partial charge in [0.05, 0.1) is 16.3 Å². The Morgan fingerprint density at radius 3 is 2.24 bits per heavy atom. The molecule has 1 rings (SSSR count). The van der Waals surface area contributed by atoms with E-state index in [1.807, 2.05) is 20.8 Å². The molecule has 0 heterocycles. The molecule has 0 unspecified atom stereocenters. The molecule has 0 aromatic heterocycles. The molecule has 0 aliphatic carbocycles. The molecule has 0 aliphatic rings. The second-order valence-electron chi connectivity index (χ2n) is 5.07. The van der Waals surface area contributed by atoms with Gasteiger partial charge in [-0.05, 0) is 17.5 Å². The number of hydrogen-bond donors (Lipinski definition) is 1. The van der Waals surface area contributed by atoms with Gasteiger partial charge in [0.2, 0.25) is 0 Å². The van der Waals surface area contributed by atoms with E-state index < -0.39 is 11.7 Å². The maximum atomic E-state index is 12.7. The summed E-state index contributed by atoms with van der Waals surface area (Å²) in [6.45, 7) is 6.22. The quantitative estimate of drug-likeness (QED) is 0.809. The number of alkyl halides is 3. The van der Waals surface area contributed by atoms with Gasteiger partial charge < -0.3 is 5.32 Å². The molecule has 96 valence electrons. The molecular formula is C12H15ClF3N. The van der Waals surface area contributed by atoms with Crippen molar-refractivity contribution in [1.29, 1.82) is 0 Å². The van der Waals surface area contributed by atoms with Crippen LogP contribution < -0.4 is 5.32 Å². The predicted octanol–water partition coefficient (Wildman–Crippen LogP) is 4.82. The smallest absolute Gasteiger partial charge is 0.383 e. The first kappa shape index (κ1) is 14.2. The fourth-order valence-corrected chi connectivity index (χ4v) is 1.53. The third-order valence-corrected chi connectivity index (χ3v) is 2.43. The second-order valence-corrected chi connectivity index (χ2v) is 5.48.